The van der Waals surface area contributed by atoms with Crippen molar-refractivity contribution in [3.8, 4) is 0 Å². The van der Waals surface area contributed by atoms with Crippen molar-refractivity contribution in [1.82, 2.24) is 4.90 Å². The Labute approximate surface area is 106 Å². The molecule has 100 valence electrons. The molecular weight excluding hydrogens is 212 g/mol. The summed E-state index contributed by atoms with van der Waals surface area (Å²) in [5, 5.41) is 0. The van der Waals surface area contributed by atoms with Gasteiger partial charge in [0.15, 0.2) is 0 Å². The van der Waals surface area contributed by atoms with E-state index in [1.807, 2.05) is 0 Å². The fourth-order valence-corrected chi connectivity index (χ4v) is 3.21. The van der Waals surface area contributed by atoms with Gasteiger partial charge in [0.05, 0.1) is 11.7 Å². The van der Waals surface area contributed by atoms with Crippen LogP contribution in [-0.4, -0.2) is 42.3 Å². The SMILES string of the molecule is CC1(C)CCC(CN2CCCCCC2CN)O1. The van der Waals surface area contributed by atoms with Crippen molar-refractivity contribution in [2.24, 2.45) is 5.73 Å². The Bertz CT molecular complexity index is 242. The maximum Gasteiger partial charge on any atom is 0.0710 e. The van der Waals surface area contributed by atoms with E-state index in [0.29, 0.717) is 12.1 Å². The lowest BCUT2D eigenvalue weighted by atomic mass is 10.0. The Balaban J connectivity index is 1.87. The van der Waals surface area contributed by atoms with E-state index in [4.69, 9.17) is 10.5 Å². The van der Waals surface area contributed by atoms with Crippen LogP contribution in [0.25, 0.3) is 0 Å². The van der Waals surface area contributed by atoms with Gasteiger partial charge in [-0.2, -0.15) is 0 Å². The Morgan fingerprint density at radius 1 is 1.24 bits per heavy atom. The first-order chi connectivity index (χ1) is 8.11. The van der Waals surface area contributed by atoms with Gasteiger partial charge in [-0.25, -0.2) is 0 Å². The van der Waals surface area contributed by atoms with Gasteiger partial charge in [0.25, 0.3) is 0 Å². The molecule has 0 amide bonds. The molecular formula is C14H28N2O. The van der Waals surface area contributed by atoms with Crippen LogP contribution in [0.4, 0.5) is 0 Å². The molecule has 0 aromatic carbocycles. The number of ether oxygens (including phenoxy) is 1. The van der Waals surface area contributed by atoms with E-state index in [2.05, 4.69) is 18.7 Å². The largest absolute Gasteiger partial charge is 0.371 e. The highest BCUT2D eigenvalue weighted by molar-refractivity contribution is 4.85. The monoisotopic (exact) mass is 240 g/mol. The van der Waals surface area contributed by atoms with Crippen molar-refractivity contribution >= 4 is 0 Å². The first-order valence-electron chi connectivity index (χ1n) is 7.23. The summed E-state index contributed by atoms with van der Waals surface area (Å²) in [6, 6.07) is 0.588. The Morgan fingerprint density at radius 2 is 2.06 bits per heavy atom. The molecule has 0 aromatic rings. The van der Waals surface area contributed by atoms with Crippen LogP contribution in [-0.2, 0) is 4.74 Å². The normalized spacial score (nSPS) is 34.8. The number of hydrogen-bond acceptors (Lipinski definition) is 3. The van der Waals surface area contributed by atoms with Crippen LogP contribution in [0.3, 0.4) is 0 Å². The molecule has 0 spiro atoms. The molecule has 2 rings (SSSR count). The van der Waals surface area contributed by atoms with Gasteiger partial charge >= 0.3 is 0 Å². The van der Waals surface area contributed by atoms with Crippen LogP contribution in [0, 0.1) is 0 Å². The highest BCUT2D eigenvalue weighted by Gasteiger charge is 2.33. The molecule has 0 bridgehead atoms. The standard InChI is InChI=1S/C14H28N2O/c1-14(2)8-7-13(17-14)11-16-9-5-3-4-6-12(16)10-15/h12-13H,3-11,15H2,1-2H3. The van der Waals surface area contributed by atoms with E-state index >= 15 is 0 Å². The lowest BCUT2D eigenvalue weighted by molar-refractivity contribution is -0.0330. The third-order valence-corrected chi connectivity index (χ3v) is 4.26. The van der Waals surface area contributed by atoms with E-state index in [0.717, 1.165) is 13.1 Å². The molecule has 2 aliphatic rings. The van der Waals surface area contributed by atoms with Gasteiger partial charge in [-0.05, 0) is 46.1 Å². The van der Waals surface area contributed by atoms with Crippen LogP contribution >= 0.6 is 0 Å². The first kappa shape index (κ1) is 13.3. The molecule has 0 aromatic heterocycles. The molecule has 2 atom stereocenters. The lowest BCUT2D eigenvalue weighted by Crippen LogP contribution is -2.44. The molecule has 2 unspecified atom stereocenters. The van der Waals surface area contributed by atoms with Crippen molar-refractivity contribution in [3.05, 3.63) is 0 Å². The summed E-state index contributed by atoms with van der Waals surface area (Å²) in [6.07, 6.45) is 8.13. The molecule has 3 nitrogen and oxygen atoms in total. The minimum absolute atomic E-state index is 0.0920. The Morgan fingerprint density at radius 3 is 2.71 bits per heavy atom. The van der Waals surface area contributed by atoms with Gasteiger partial charge in [0.2, 0.25) is 0 Å². The third-order valence-electron chi connectivity index (χ3n) is 4.26. The number of nitrogens with two attached hydrogens (primary N) is 1. The average molecular weight is 240 g/mol. The number of rotatable bonds is 3. The van der Waals surface area contributed by atoms with Gasteiger partial charge in [0, 0.05) is 19.1 Å². The molecule has 3 heteroatoms. The molecule has 2 saturated heterocycles. The second-order valence-corrected chi connectivity index (χ2v) is 6.27. The highest BCUT2D eigenvalue weighted by Crippen LogP contribution is 2.30. The van der Waals surface area contributed by atoms with E-state index in [9.17, 15) is 0 Å². The van der Waals surface area contributed by atoms with Crippen LogP contribution in [0.1, 0.15) is 52.4 Å². The summed E-state index contributed by atoms with van der Waals surface area (Å²) in [5.74, 6) is 0. The van der Waals surface area contributed by atoms with Gasteiger partial charge in [-0.3, -0.25) is 4.90 Å². The molecule has 2 N–H and O–H groups in total. The topological polar surface area (TPSA) is 38.5 Å². The van der Waals surface area contributed by atoms with Crippen molar-refractivity contribution < 1.29 is 4.74 Å². The molecule has 0 saturated carbocycles. The Kier molecular flexibility index (Phi) is 4.45. The molecule has 0 aliphatic carbocycles. The number of hydrogen-bond donors (Lipinski definition) is 1. The zero-order valence-electron chi connectivity index (χ0n) is 11.5. The molecule has 2 fully saturated rings. The number of nitrogens with zero attached hydrogens (tertiary/aromatic N) is 1. The predicted molar refractivity (Wildman–Crippen MR) is 71.1 cm³/mol. The van der Waals surface area contributed by atoms with E-state index < -0.39 is 0 Å². The highest BCUT2D eigenvalue weighted by atomic mass is 16.5. The van der Waals surface area contributed by atoms with Crippen LogP contribution in [0.5, 0.6) is 0 Å². The second-order valence-electron chi connectivity index (χ2n) is 6.27. The minimum atomic E-state index is 0.0920. The summed E-state index contributed by atoms with van der Waals surface area (Å²) in [5.41, 5.74) is 6.00. The Hall–Kier alpha value is -0.120. The molecule has 2 aliphatic heterocycles. The minimum Gasteiger partial charge on any atom is -0.371 e. The summed E-state index contributed by atoms with van der Waals surface area (Å²) in [7, 11) is 0. The van der Waals surface area contributed by atoms with Gasteiger partial charge < -0.3 is 10.5 Å². The fraction of sp³-hybridized carbons (Fsp3) is 1.00. The molecule has 17 heavy (non-hydrogen) atoms. The lowest BCUT2D eigenvalue weighted by Gasteiger charge is -2.31. The van der Waals surface area contributed by atoms with E-state index in [1.54, 1.807) is 0 Å². The molecule has 2 heterocycles. The average Bonchev–Trinajstić information content (AvgIpc) is 2.50. The number of likely N-dealkylation sites (tertiary alicyclic amines) is 1. The van der Waals surface area contributed by atoms with Crippen molar-refractivity contribution in [2.75, 3.05) is 19.6 Å². The third kappa shape index (κ3) is 3.67. The van der Waals surface area contributed by atoms with Crippen molar-refractivity contribution in [1.29, 1.82) is 0 Å². The van der Waals surface area contributed by atoms with Crippen LogP contribution in [0.15, 0.2) is 0 Å². The quantitative estimate of drug-likeness (QED) is 0.821. The van der Waals surface area contributed by atoms with E-state index in [-0.39, 0.29) is 5.60 Å². The van der Waals surface area contributed by atoms with Crippen molar-refractivity contribution in [3.63, 3.8) is 0 Å². The first-order valence-corrected chi connectivity index (χ1v) is 7.23. The summed E-state index contributed by atoms with van der Waals surface area (Å²) >= 11 is 0. The summed E-state index contributed by atoms with van der Waals surface area (Å²) < 4.78 is 6.10. The maximum absolute atomic E-state index is 6.10. The van der Waals surface area contributed by atoms with Gasteiger partial charge in [-0.1, -0.05) is 12.8 Å². The zero-order chi connectivity index (χ0) is 12.3. The van der Waals surface area contributed by atoms with Crippen LogP contribution < -0.4 is 5.73 Å². The van der Waals surface area contributed by atoms with Crippen LogP contribution in [0.2, 0.25) is 0 Å². The molecule has 0 radical (unpaired) electrons. The van der Waals surface area contributed by atoms with E-state index in [1.165, 1.54) is 45.1 Å². The van der Waals surface area contributed by atoms with Crippen molar-refractivity contribution in [2.45, 2.75) is 70.1 Å². The van der Waals surface area contributed by atoms with Gasteiger partial charge in [-0.15, -0.1) is 0 Å². The summed E-state index contributed by atoms with van der Waals surface area (Å²) in [6.45, 7) is 7.51. The fourth-order valence-electron chi connectivity index (χ4n) is 3.21. The summed E-state index contributed by atoms with van der Waals surface area (Å²) in [4.78, 5) is 2.58. The zero-order valence-corrected chi connectivity index (χ0v) is 11.5. The smallest absolute Gasteiger partial charge is 0.0710 e. The van der Waals surface area contributed by atoms with Gasteiger partial charge in [0.1, 0.15) is 0 Å². The predicted octanol–water partition coefficient (Wildman–Crippen LogP) is 2.15. The maximum atomic E-state index is 6.10. The second kappa shape index (κ2) is 5.68.